The Hall–Kier alpha value is -4.48. The average molecular weight is 492 g/mol. The van der Waals surface area contributed by atoms with Crippen molar-refractivity contribution in [2.24, 2.45) is 5.41 Å². The predicted molar refractivity (Wildman–Crippen MR) is 136 cm³/mol. The highest BCUT2D eigenvalue weighted by molar-refractivity contribution is 6.00. The summed E-state index contributed by atoms with van der Waals surface area (Å²) in [6.45, 7) is 6.78. The third kappa shape index (κ3) is 4.97. The lowest BCUT2D eigenvalue weighted by molar-refractivity contribution is 0.0937. The van der Waals surface area contributed by atoms with Gasteiger partial charge in [-0.15, -0.1) is 10.2 Å². The number of nitrogens with zero attached hydrogens (tertiary/aromatic N) is 6. The summed E-state index contributed by atoms with van der Waals surface area (Å²) in [6.07, 6.45) is 4.00. The summed E-state index contributed by atoms with van der Waals surface area (Å²) in [5, 5.41) is 21.4. The molecule has 0 aliphatic rings. The average Bonchev–Trinajstić information content (AvgIpc) is 3.32. The SMILES string of the molecule is CCC(C)(C)CNC(=O)c1cnn2c(NC)cc(Nc3cccn(-c4ccc(OC)nn4)c3=O)nc12. The summed E-state index contributed by atoms with van der Waals surface area (Å²) in [5.74, 6) is 1.38. The molecule has 4 aromatic rings. The Morgan fingerprint density at radius 3 is 2.67 bits per heavy atom. The van der Waals surface area contributed by atoms with E-state index in [0.29, 0.717) is 41.1 Å². The monoisotopic (exact) mass is 491 g/mol. The minimum absolute atomic E-state index is 0.0314. The van der Waals surface area contributed by atoms with E-state index >= 15 is 0 Å². The van der Waals surface area contributed by atoms with Crippen molar-refractivity contribution < 1.29 is 9.53 Å². The van der Waals surface area contributed by atoms with E-state index in [1.807, 2.05) is 0 Å². The molecule has 188 valence electrons. The Kier molecular flexibility index (Phi) is 6.86. The van der Waals surface area contributed by atoms with Gasteiger partial charge >= 0.3 is 0 Å². The van der Waals surface area contributed by atoms with Crippen LogP contribution in [0.4, 0.5) is 17.3 Å². The first kappa shape index (κ1) is 24.6. The molecule has 36 heavy (non-hydrogen) atoms. The van der Waals surface area contributed by atoms with E-state index in [2.05, 4.69) is 57.0 Å². The number of carbonyl (C=O) groups excluding carboxylic acids is 1. The van der Waals surface area contributed by atoms with Crippen molar-refractivity contribution in [1.82, 2.24) is 34.7 Å². The second-order valence-corrected chi connectivity index (χ2v) is 8.93. The Labute approximate surface area is 207 Å². The number of pyridine rings is 1. The molecule has 0 radical (unpaired) electrons. The molecule has 0 bridgehead atoms. The van der Waals surface area contributed by atoms with Gasteiger partial charge in [0.05, 0.1) is 13.3 Å². The second-order valence-electron chi connectivity index (χ2n) is 8.93. The molecule has 3 N–H and O–H groups in total. The van der Waals surface area contributed by atoms with Gasteiger partial charge in [0.2, 0.25) is 5.88 Å². The molecule has 0 atom stereocenters. The fraction of sp³-hybridized carbons (Fsp3) is 0.333. The molecule has 0 saturated carbocycles. The normalized spacial score (nSPS) is 11.4. The number of hydrogen-bond donors (Lipinski definition) is 3. The summed E-state index contributed by atoms with van der Waals surface area (Å²) >= 11 is 0. The van der Waals surface area contributed by atoms with Gasteiger partial charge in [-0.2, -0.15) is 9.61 Å². The molecule has 4 heterocycles. The standard InChI is InChI=1S/C24H29N9O3/c1-6-24(2,3)14-26-22(34)15-13-27-33-19(25-4)12-17(29-21(15)33)28-16-8-7-11-32(23(16)35)18-9-10-20(36-5)31-30-18/h7-13,25H,6,14H2,1-5H3,(H,26,34)(H,28,29). The largest absolute Gasteiger partial charge is 0.480 e. The quantitative estimate of drug-likeness (QED) is 0.322. The lowest BCUT2D eigenvalue weighted by Crippen LogP contribution is -2.33. The Morgan fingerprint density at radius 2 is 2.00 bits per heavy atom. The zero-order valence-corrected chi connectivity index (χ0v) is 20.9. The molecule has 4 rings (SSSR count). The molecule has 0 unspecified atom stereocenters. The van der Waals surface area contributed by atoms with Crippen LogP contribution < -0.4 is 26.2 Å². The van der Waals surface area contributed by atoms with E-state index in [-0.39, 0.29) is 22.6 Å². The molecule has 12 heteroatoms. The highest BCUT2D eigenvalue weighted by Crippen LogP contribution is 2.22. The van der Waals surface area contributed by atoms with E-state index in [0.717, 1.165) is 6.42 Å². The summed E-state index contributed by atoms with van der Waals surface area (Å²) in [4.78, 5) is 30.7. The molecular formula is C24H29N9O3. The van der Waals surface area contributed by atoms with Gasteiger partial charge in [0, 0.05) is 31.9 Å². The maximum absolute atomic E-state index is 13.2. The van der Waals surface area contributed by atoms with Crippen molar-refractivity contribution in [2.45, 2.75) is 27.2 Å². The van der Waals surface area contributed by atoms with Gasteiger partial charge in [-0.05, 0) is 30.0 Å². The van der Waals surface area contributed by atoms with Crippen molar-refractivity contribution in [3.63, 3.8) is 0 Å². The molecule has 0 aromatic carbocycles. The summed E-state index contributed by atoms with van der Waals surface area (Å²) in [5.41, 5.74) is 0.577. The lowest BCUT2D eigenvalue weighted by atomic mass is 9.90. The molecule has 12 nitrogen and oxygen atoms in total. The maximum atomic E-state index is 13.2. The molecule has 0 spiro atoms. The molecule has 1 amide bonds. The first-order chi connectivity index (χ1) is 17.3. The third-order valence-corrected chi connectivity index (χ3v) is 5.95. The summed E-state index contributed by atoms with van der Waals surface area (Å²) in [6, 6.07) is 8.30. The number of hydrogen-bond acceptors (Lipinski definition) is 9. The fourth-order valence-corrected chi connectivity index (χ4v) is 3.36. The van der Waals surface area contributed by atoms with Crippen LogP contribution in [0.25, 0.3) is 11.5 Å². The van der Waals surface area contributed by atoms with Gasteiger partial charge in [-0.25, -0.2) is 4.98 Å². The maximum Gasteiger partial charge on any atom is 0.280 e. The molecule has 0 aliphatic heterocycles. The number of ether oxygens (including phenoxy) is 1. The number of methoxy groups -OCH3 is 1. The van der Waals surface area contributed by atoms with E-state index in [1.165, 1.54) is 17.9 Å². The first-order valence-corrected chi connectivity index (χ1v) is 11.5. The van der Waals surface area contributed by atoms with Gasteiger partial charge < -0.3 is 20.7 Å². The zero-order chi connectivity index (χ0) is 25.9. The van der Waals surface area contributed by atoms with Crippen LogP contribution in [0.2, 0.25) is 0 Å². The Bertz CT molecular complexity index is 1440. The summed E-state index contributed by atoms with van der Waals surface area (Å²) < 4.78 is 7.93. The third-order valence-electron chi connectivity index (χ3n) is 5.95. The molecule has 0 aliphatic carbocycles. The minimum atomic E-state index is -0.349. The van der Waals surface area contributed by atoms with Crippen molar-refractivity contribution in [2.75, 3.05) is 31.3 Å². The topological polar surface area (TPSA) is 140 Å². The number of rotatable bonds is 9. The van der Waals surface area contributed by atoms with E-state index in [1.54, 1.807) is 48.1 Å². The Balaban J connectivity index is 1.67. The smallest absolute Gasteiger partial charge is 0.280 e. The van der Waals surface area contributed by atoms with Crippen LogP contribution in [0.5, 0.6) is 5.88 Å². The van der Waals surface area contributed by atoms with E-state index in [4.69, 9.17) is 4.74 Å². The van der Waals surface area contributed by atoms with Crippen LogP contribution >= 0.6 is 0 Å². The van der Waals surface area contributed by atoms with Crippen LogP contribution in [0, 0.1) is 5.41 Å². The van der Waals surface area contributed by atoms with Crippen LogP contribution in [0.1, 0.15) is 37.6 Å². The molecule has 0 fully saturated rings. The number of carbonyl (C=O) groups is 1. The van der Waals surface area contributed by atoms with Crippen LogP contribution in [0.3, 0.4) is 0 Å². The zero-order valence-electron chi connectivity index (χ0n) is 20.9. The van der Waals surface area contributed by atoms with E-state index < -0.39 is 0 Å². The highest BCUT2D eigenvalue weighted by Gasteiger charge is 2.21. The van der Waals surface area contributed by atoms with Crippen molar-refractivity contribution >= 4 is 28.9 Å². The predicted octanol–water partition coefficient (Wildman–Crippen LogP) is 2.63. The summed E-state index contributed by atoms with van der Waals surface area (Å²) in [7, 11) is 3.23. The van der Waals surface area contributed by atoms with Crippen molar-refractivity contribution in [1.29, 1.82) is 0 Å². The molecule has 4 aromatic heterocycles. The number of fused-ring (bicyclic) bond motifs is 1. The molecule has 0 saturated heterocycles. The van der Waals surface area contributed by atoms with E-state index in [9.17, 15) is 9.59 Å². The van der Waals surface area contributed by atoms with Gasteiger partial charge in [0.1, 0.15) is 22.9 Å². The minimum Gasteiger partial charge on any atom is -0.480 e. The number of anilines is 3. The van der Waals surface area contributed by atoms with Gasteiger partial charge in [0.25, 0.3) is 11.5 Å². The van der Waals surface area contributed by atoms with Crippen LogP contribution in [0.15, 0.2) is 47.5 Å². The van der Waals surface area contributed by atoms with Crippen LogP contribution in [-0.4, -0.2) is 56.0 Å². The van der Waals surface area contributed by atoms with Crippen molar-refractivity contribution in [3.05, 3.63) is 58.6 Å². The lowest BCUT2D eigenvalue weighted by Gasteiger charge is -2.22. The number of nitrogens with one attached hydrogen (secondary N) is 3. The van der Waals surface area contributed by atoms with Crippen LogP contribution in [-0.2, 0) is 0 Å². The Morgan fingerprint density at radius 1 is 1.19 bits per heavy atom. The first-order valence-electron chi connectivity index (χ1n) is 11.5. The van der Waals surface area contributed by atoms with Gasteiger partial charge in [-0.1, -0.05) is 20.8 Å². The van der Waals surface area contributed by atoms with Gasteiger partial charge in [-0.3, -0.25) is 14.2 Å². The van der Waals surface area contributed by atoms with Gasteiger partial charge in [0.15, 0.2) is 11.5 Å². The second kappa shape index (κ2) is 10.0. The number of aromatic nitrogens is 6. The fourth-order valence-electron chi connectivity index (χ4n) is 3.36. The highest BCUT2D eigenvalue weighted by atomic mass is 16.5. The molecular weight excluding hydrogens is 462 g/mol. The van der Waals surface area contributed by atoms with Crippen molar-refractivity contribution in [3.8, 4) is 11.7 Å². The number of amides is 1.